The fraction of sp³-hybridized carbons (Fsp3) is 0.171. The van der Waals surface area contributed by atoms with E-state index in [1.165, 1.54) is 12.1 Å². The van der Waals surface area contributed by atoms with Crippen LogP contribution in [0.25, 0.3) is 16.9 Å². The van der Waals surface area contributed by atoms with Crippen molar-refractivity contribution in [2.24, 2.45) is 0 Å². The number of alkyl halides is 3. The molecule has 3 heterocycles. The summed E-state index contributed by atoms with van der Waals surface area (Å²) in [5.74, 6) is 0.632. The van der Waals surface area contributed by atoms with E-state index in [-0.39, 0.29) is 18.9 Å². The van der Waals surface area contributed by atoms with Crippen LogP contribution in [0.4, 0.5) is 24.5 Å². The fourth-order valence-corrected chi connectivity index (χ4v) is 5.50. The Kier molecular flexibility index (Phi) is 7.88. The van der Waals surface area contributed by atoms with E-state index in [0.717, 1.165) is 29.3 Å². The number of rotatable bonds is 6. The van der Waals surface area contributed by atoms with Gasteiger partial charge in [0.15, 0.2) is 0 Å². The second kappa shape index (κ2) is 12.0. The molecule has 0 saturated heterocycles. The first kappa shape index (κ1) is 29.7. The minimum atomic E-state index is -4.45. The van der Waals surface area contributed by atoms with Gasteiger partial charge in [0.25, 0.3) is 5.91 Å². The van der Waals surface area contributed by atoms with Crippen molar-refractivity contribution in [2.75, 3.05) is 23.4 Å². The number of aryl methyl sites for hydroxylation is 2. The van der Waals surface area contributed by atoms with Gasteiger partial charge in [-0.25, -0.2) is 4.98 Å². The molecular formula is C35H29F3N4O3. The Morgan fingerprint density at radius 1 is 0.889 bits per heavy atom. The van der Waals surface area contributed by atoms with Crippen LogP contribution in [0.1, 0.15) is 33.0 Å². The lowest BCUT2D eigenvalue weighted by atomic mass is 9.98. The molecule has 0 unspecified atom stereocenters. The van der Waals surface area contributed by atoms with Gasteiger partial charge in [-0.3, -0.25) is 9.59 Å². The summed E-state index contributed by atoms with van der Waals surface area (Å²) in [5, 5.41) is 2.85. The van der Waals surface area contributed by atoms with Crippen LogP contribution in [0.2, 0.25) is 0 Å². The maximum absolute atomic E-state index is 13.4. The zero-order chi connectivity index (χ0) is 31.7. The average molecular weight is 611 g/mol. The van der Waals surface area contributed by atoms with Gasteiger partial charge in [-0.1, -0.05) is 36.4 Å². The largest absolute Gasteiger partial charge is 0.489 e. The van der Waals surface area contributed by atoms with Gasteiger partial charge in [0.1, 0.15) is 18.2 Å². The van der Waals surface area contributed by atoms with Crippen LogP contribution >= 0.6 is 0 Å². The number of carbonyl (C=O) groups is 2. The number of amides is 2. The molecule has 0 atom stereocenters. The summed E-state index contributed by atoms with van der Waals surface area (Å²) in [6.45, 7) is 4.66. The molecule has 1 aliphatic rings. The Balaban J connectivity index is 1.18. The summed E-state index contributed by atoms with van der Waals surface area (Å²) in [7, 11) is 0. The minimum Gasteiger partial charge on any atom is -0.489 e. The maximum Gasteiger partial charge on any atom is 0.416 e. The molecule has 2 aromatic heterocycles. The number of benzene rings is 3. The van der Waals surface area contributed by atoms with E-state index in [4.69, 9.17) is 9.72 Å². The molecule has 0 fully saturated rings. The van der Waals surface area contributed by atoms with Gasteiger partial charge in [0.05, 0.1) is 29.9 Å². The lowest BCUT2D eigenvalue weighted by Crippen LogP contribution is -2.39. The number of hydrogen-bond acceptors (Lipinski definition) is 4. The van der Waals surface area contributed by atoms with Gasteiger partial charge in [-0.05, 0) is 79.6 Å². The predicted molar refractivity (Wildman–Crippen MR) is 166 cm³/mol. The highest BCUT2D eigenvalue weighted by atomic mass is 19.4. The number of pyridine rings is 1. The number of carbonyl (C=O) groups excluding carboxylic acids is 2. The van der Waals surface area contributed by atoms with Crippen LogP contribution in [0.15, 0.2) is 97.1 Å². The topological polar surface area (TPSA) is 76.5 Å². The molecule has 0 spiro atoms. The Bertz CT molecular complexity index is 1880. The normalized spacial score (nSPS) is 12.8. The summed E-state index contributed by atoms with van der Waals surface area (Å²) in [6, 6.07) is 26.1. The van der Waals surface area contributed by atoms with E-state index in [1.807, 2.05) is 48.7 Å². The molecule has 228 valence electrons. The van der Waals surface area contributed by atoms with E-state index in [9.17, 15) is 22.8 Å². The monoisotopic (exact) mass is 610 g/mol. The standard InChI is InChI=1S/C35H29F3N4O3/c1-22-10-11-23(2)42(22)32-9-5-6-26(39-32)21-33(43)41-18-19-45-31-20-27(16-17-30(31)41)40-34(44)29-8-4-3-7-28(29)24-12-14-25(15-13-24)35(36,37)38/h3-17,20H,18-19,21H2,1-2H3,(H,40,44). The smallest absolute Gasteiger partial charge is 0.416 e. The Morgan fingerprint density at radius 2 is 1.62 bits per heavy atom. The quantitative estimate of drug-likeness (QED) is 0.218. The first-order chi connectivity index (χ1) is 21.6. The van der Waals surface area contributed by atoms with E-state index in [2.05, 4.69) is 5.32 Å². The summed E-state index contributed by atoms with van der Waals surface area (Å²) in [4.78, 5) is 33.2. The molecule has 3 aromatic carbocycles. The molecule has 10 heteroatoms. The van der Waals surface area contributed by atoms with Crippen molar-refractivity contribution < 1.29 is 27.5 Å². The van der Waals surface area contributed by atoms with Gasteiger partial charge >= 0.3 is 6.18 Å². The Hall–Kier alpha value is -5.38. The fourth-order valence-electron chi connectivity index (χ4n) is 5.50. The number of hydrogen-bond donors (Lipinski definition) is 1. The molecule has 0 bridgehead atoms. The molecule has 0 aliphatic carbocycles. The van der Waals surface area contributed by atoms with E-state index >= 15 is 0 Å². The Labute approximate surface area is 257 Å². The van der Waals surface area contributed by atoms with Crippen LogP contribution in [-0.2, 0) is 17.4 Å². The van der Waals surface area contributed by atoms with E-state index < -0.39 is 17.6 Å². The number of aromatic nitrogens is 2. The molecule has 6 rings (SSSR count). The minimum absolute atomic E-state index is 0.103. The predicted octanol–water partition coefficient (Wildman–Crippen LogP) is 7.40. The summed E-state index contributed by atoms with van der Waals surface area (Å²) >= 11 is 0. The zero-order valence-electron chi connectivity index (χ0n) is 24.6. The molecule has 2 amide bonds. The van der Waals surface area contributed by atoms with E-state index in [1.54, 1.807) is 47.4 Å². The number of halogens is 3. The average Bonchev–Trinajstić information content (AvgIpc) is 3.37. The van der Waals surface area contributed by atoms with Gasteiger partial charge in [0, 0.05) is 28.7 Å². The van der Waals surface area contributed by atoms with Crippen LogP contribution < -0.4 is 15.0 Å². The summed E-state index contributed by atoms with van der Waals surface area (Å²) in [5.41, 5.74) is 4.30. The van der Waals surface area contributed by atoms with Crippen molar-refractivity contribution >= 4 is 23.2 Å². The van der Waals surface area contributed by atoms with Crippen molar-refractivity contribution in [2.45, 2.75) is 26.4 Å². The molecule has 0 radical (unpaired) electrons. The Morgan fingerprint density at radius 3 is 2.36 bits per heavy atom. The summed E-state index contributed by atoms with van der Waals surface area (Å²) in [6.07, 6.45) is -4.35. The number of anilines is 2. The third kappa shape index (κ3) is 6.17. The number of nitrogens with one attached hydrogen (secondary N) is 1. The third-order valence-electron chi connectivity index (χ3n) is 7.70. The van der Waals surface area contributed by atoms with Crippen LogP contribution in [-0.4, -0.2) is 34.5 Å². The highest BCUT2D eigenvalue weighted by Gasteiger charge is 2.30. The molecule has 1 N–H and O–H groups in total. The first-order valence-electron chi connectivity index (χ1n) is 14.3. The van der Waals surface area contributed by atoms with Crippen LogP contribution in [0, 0.1) is 13.8 Å². The van der Waals surface area contributed by atoms with Crippen molar-refractivity contribution in [3.63, 3.8) is 0 Å². The number of ether oxygens (including phenoxy) is 1. The lowest BCUT2D eigenvalue weighted by molar-refractivity contribution is -0.137. The molecule has 45 heavy (non-hydrogen) atoms. The van der Waals surface area contributed by atoms with Gasteiger partial charge < -0.3 is 19.5 Å². The number of nitrogens with zero attached hydrogens (tertiary/aromatic N) is 3. The van der Waals surface area contributed by atoms with Crippen LogP contribution in [0.5, 0.6) is 5.75 Å². The molecule has 5 aromatic rings. The van der Waals surface area contributed by atoms with Crippen LogP contribution in [0.3, 0.4) is 0 Å². The van der Waals surface area contributed by atoms with Crippen molar-refractivity contribution in [3.05, 3.63) is 125 Å². The molecule has 0 saturated carbocycles. The van der Waals surface area contributed by atoms with Crippen molar-refractivity contribution in [1.29, 1.82) is 0 Å². The molecular weight excluding hydrogens is 581 g/mol. The highest BCUT2D eigenvalue weighted by Crippen LogP contribution is 2.36. The zero-order valence-corrected chi connectivity index (χ0v) is 24.6. The second-order valence-corrected chi connectivity index (χ2v) is 10.8. The molecule has 7 nitrogen and oxygen atoms in total. The van der Waals surface area contributed by atoms with Gasteiger partial charge in [0.2, 0.25) is 5.91 Å². The van der Waals surface area contributed by atoms with Gasteiger partial charge in [-0.15, -0.1) is 0 Å². The van der Waals surface area contributed by atoms with Gasteiger partial charge in [-0.2, -0.15) is 13.2 Å². The third-order valence-corrected chi connectivity index (χ3v) is 7.70. The van der Waals surface area contributed by atoms with E-state index in [0.29, 0.717) is 46.1 Å². The highest BCUT2D eigenvalue weighted by molar-refractivity contribution is 6.09. The summed E-state index contributed by atoms with van der Waals surface area (Å²) < 4.78 is 47.0. The van der Waals surface area contributed by atoms with Crippen molar-refractivity contribution in [3.8, 4) is 22.7 Å². The SMILES string of the molecule is Cc1ccc(C)n1-c1cccc(CC(=O)N2CCOc3cc(NC(=O)c4ccccc4-c4ccc(C(F)(F)F)cc4)ccc32)n1. The number of fused-ring (bicyclic) bond motifs is 1. The molecule has 1 aliphatic heterocycles. The maximum atomic E-state index is 13.4. The second-order valence-electron chi connectivity index (χ2n) is 10.8. The lowest BCUT2D eigenvalue weighted by Gasteiger charge is -2.30. The van der Waals surface area contributed by atoms with Crippen molar-refractivity contribution in [1.82, 2.24) is 9.55 Å². The first-order valence-corrected chi connectivity index (χ1v) is 14.3.